The molecule has 0 rings (SSSR count). The first-order valence-corrected chi connectivity index (χ1v) is 7.44. The van der Waals surface area contributed by atoms with E-state index in [-0.39, 0.29) is 0 Å². The molecule has 0 aromatic heterocycles. The van der Waals surface area contributed by atoms with Crippen molar-refractivity contribution < 1.29 is 0 Å². The van der Waals surface area contributed by atoms with Crippen LogP contribution in [0.2, 0.25) is 0 Å². The third kappa shape index (κ3) is 12.2. The van der Waals surface area contributed by atoms with Crippen molar-refractivity contribution in [3.8, 4) is 0 Å². The summed E-state index contributed by atoms with van der Waals surface area (Å²) in [5, 5.41) is 3.72. The van der Waals surface area contributed by atoms with E-state index in [2.05, 4.69) is 45.1 Å². The number of nitrogens with zero attached hydrogens (tertiary/aromatic N) is 1. The molecule has 17 heavy (non-hydrogen) atoms. The van der Waals surface area contributed by atoms with Gasteiger partial charge in [0.2, 0.25) is 0 Å². The Balaban J connectivity index is 3.60. The molecule has 0 aromatic carbocycles. The molecule has 0 radical (unpaired) electrons. The Hall–Kier alpha value is -0.0800. The van der Waals surface area contributed by atoms with Crippen LogP contribution in [0, 0.1) is 5.92 Å². The van der Waals surface area contributed by atoms with Crippen LogP contribution >= 0.6 is 0 Å². The Bertz CT molecular complexity index is 145. The molecule has 0 saturated carbocycles. The van der Waals surface area contributed by atoms with Gasteiger partial charge in [0.05, 0.1) is 0 Å². The zero-order valence-electron chi connectivity index (χ0n) is 12.8. The Morgan fingerprint density at radius 1 is 1.00 bits per heavy atom. The Morgan fingerprint density at radius 3 is 2.18 bits per heavy atom. The lowest BCUT2D eigenvalue weighted by atomic mass is 10.0. The summed E-state index contributed by atoms with van der Waals surface area (Å²) < 4.78 is 0. The standard InChI is InChI=1S/C15H34N2/c1-6-7-8-9-10-11-16-15(12-14(2)3)13-17(4)5/h14-16H,6-13H2,1-5H3. The molecule has 0 saturated heterocycles. The summed E-state index contributed by atoms with van der Waals surface area (Å²) in [6, 6.07) is 0.663. The van der Waals surface area contributed by atoms with E-state index in [1.54, 1.807) is 0 Å². The highest BCUT2D eigenvalue weighted by molar-refractivity contribution is 4.71. The van der Waals surface area contributed by atoms with Gasteiger partial charge in [-0.1, -0.05) is 46.5 Å². The third-order valence-corrected chi connectivity index (χ3v) is 3.05. The predicted octanol–water partition coefficient (Wildman–Crippen LogP) is 3.52. The predicted molar refractivity (Wildman–Crippen MR) is 78.6 cm³/mol. The molecule has 2 heteroatoms. The van der Waals surface area contributed by atoms with Crippen molar-refractivity contribution in [3.05, 3.63) is 0 Å². The largest absolute Gasteiger partial charge is 0.313 e. The van der Waals surface area contributed by atoms with Gasteiger partial charge in [0, 0.05) is 12.6 Å². The molecule has 0 fully saturated rings. The minimum Gasteiger partial charge on any atom is -0.313 e. The van der Waals surface area contributed by atoms with E-state index < -0.39 is 0 Å². The first kappa shape index (κ1) is 16.9. The minimum absolute atomic E-state index is 0.663. The summed E-state index contributed by atoms with van der Waals surface area (Å²) in [5.74, 6) is 0.785. The average molecular weight is 242 g/mol. The molecule has 1 atom stereocenters. The van der Waals surface area contributed by atoms with Crippen molar-refractivity contribution in [1.29, 1.82) is 0 Å². The first-order valence-electron chi connectivity index (χ1n) is 7.44. The van der Waals surface area contributed by atoms with Gasteiger partial charge in [-0.15, -0.1) is 0 Å². The van der Waals surface area contributed by atoms with Gasteiger partial charge in [-0.25, -0.2) is 0 Å². The molecule has 0 bridgehead atoms. The monoisotopic (exact) mass is 242 g/mol. The minimum atomic E-state index is 0.663. The lowest BCUT2D eigenvalue weighted by Gasteiger charge is -2.24. The molecule has 1 N–H and O–H groups in total. The zero-order chi connectivity index (χ0) is 13.1. The first-order chi connectivity index (χ1) is 8.06. The second-order valence-corrected chi connectivity index (χ2v) is 5.96. The smallest absolute Gasteiger partial charge is 0.0197 e. The van der Waals surface area contributed by atoms with Crippen LogP contribution in [0.15, 0.2) is 0 Å². The molecule has 0 spiro atoms. The van der Waals surface area contributed by atoms with Crippen molar-refractivity contribution in [3.63, 3.8) is 0 Å². The van der Waals surface area contributed by atoms with E-state index in [1.165, 1.54) is 45.1 Å². The molecule has 104 valence electrons. The topological polar surface area (TPSA) is 15.3 Å². The summed E-state index contributed by atoms with van der Waals surface area (Å²) in [4.78, 5) is 2.29. The van der Waals surface area contributed by atoms with Gasteiger partial charge in [-0.05, 0) is 39.4 Å². The maximum Gasteiger partial charge on any atom is 0.0197 e. The van der Waals surface area contributed by atoms with Crippen LogP contribution in [0.3, 0.4) is 0 Å². The molecule has 0 aliphatic carbocycles. The normalized spacial score (nSPS) is 13.6. The van der Waals surface area contributed by atoms with Crippen LogP contribution in [0.25, 0.3) is 0 Å². The maximum absolute atomic E-state index is 3.72. The summed E-state index contributed by atoms with van der Waals surface area (Å²) in [7, 11) is 4.33. The van der Waals surface area contributed by atoms with Gasteiger partial charge in [0.25, 0.3) is 0 Å². The Kier molecular flexibility index (Phi) is 11.0. The number of rotatable bonds is 11. The number of hydrogen-bond donors (Lipinski definition) is 1. The van der Waals surface area contributed by atoms with Crippen molar-refractivity contribution in [2.75, 3.05) is 27.2 Å². The molecule has 0 aliphatic heterocycles. The number of unbranched alkanes of at least 4 members (excludes halogenated alkanes) is 4. The average Bonchev–Trinajstić information content (AvgIpc) is 2.21. The third-order valence-electron chi connectivity index (χ3n) is 3.05. The highest BCUT2D eigenvalue weighted by Gasteiger charge is 2.10. The fraction of sp³-hybridized carbons (Fsp3) is 1.00. The second kappa shape index (κ2) is 11.0. The van der Waals surface area contributed by atoms with Gasteiger partial charge in [0.15, 0.2) is 0 Å². The highest BCUT2D eigenvalue weighted by atomic mass is 15.1. The fourth-order valence-corrected chi connectivity index (χ4v) is 2.27. The van der Waals surface area contributed by atoms with E-state index in [0.717, 1.165) is 12.5 Å². The van der Waals surface area contributed by atoms with E-state index in [0.29, 0.717) is 6.04 Å². The fourth-order valence-electron chi connectivity index (χ4n) is 2.27. The van der Waals surface area contributed by atoms with Crippen molar-refractivity contribution >= 4 is 0 Å². The lowest BCUT2D eigenvalue weighted by molar-refractivity contribution is 0.305. The second-order valence-electron chi connectivity index (χ2n) is 5.96. The van der Waals surface area contributed by atoms with Gasteiger partial charge in [0.1, 0.15) is 0 Å². The lowest BCUT2D eigenvalue weighted by Crippen LogP contribution is -2.39. The maximum atomic E-state index is 3.72. The number of hydrogen-bond acceptors (Lipinski definition) is 2. The molecule has 2 nitrogen and oxygen atoms in total. The van der Waals surface area contributed by atoms with Crippen molar-refractivity contribution in [1.82, 2.24) is 10.2 Å². The quantitative estimate of drug-likeness (QED) is 0.558. The van der Waals surface area contributed by atoms with E-state index in [9.17, 15) is 0 Å². The SMILES string of the molecule is CCCCCCCNC(CC(C)C)CN(C)C. The van der Waals surface area contributed by atoms with E-state index in [4.69, 9.17) is 0 Å². The summed E-state index contributed by atoms with van der Waals surface area (Å²) in [6.45, 7) is 9.24. The van der Waals surface area contributed by atoms with Gasteiger partial charge in [-0.3, -0.25) is 0 Å². The molecule has 0 aromatic rings. The molecule has 1 unspecified atom stereocenters. The Labute approximate surface area is 109 Å². The van der Waals surface area contributed by atoms with Crippen LogP contribution in [-0.4, -0.2) is 38.1 Å². The van der Waals surface area contributed by atoms with Crippen LogP contribution in [0.5, 0.6) is 0 Å². The van der Waals surface area contributed by atoms with Gasteiger partial charge >= 0.3 is 0 Å². The van der Waals surface area contributed by atoms with Crippen LogP contribution in [0.4, 0.5) is 0 Å². The summed E-state index contributed by atoms with van der Waals surface area (Å²) in [5.41, 5.74) is 0. The highest BCUT2D eigenvalue weighted by Crippen LogP contribution is 2.06. The molecule has 0 aliphatic rings. The number of likely N-dealkylation sites (N-methyl/N-ethyl adjacent to an activating group) is 1. The van der Waals surface area contributed by atoms with E-state index >= 15 is 0 Å². The summed E-state index contributed by atoms with van der Waals surface area (Å²) in [6.07, 6.45) is 8.14. The number of nitrogens with one attached hydrogen (secondary N) is 1. The molecular formula is C15H34N2. The summed E-state index contributed by atoms with van der Waals surface area (Å²) >= 11 is 0. The van der Waals surface area contributed by atoms with Gasteiger partial charge in [-0.2, -0.15) is 0 Å². The van der Waals surface area contributed by atoms with Gasteiger partial charge < -0.3 is 10.2 Å². The molecule has 0 heterocycles. The van der Waals surface area contributed by atoms with Crippen molar-refractivity contribution in [2.45, 2.75) is 65.3 Å². The van der Waals surface area contributed by atoms with E-state index in [1.807, 2.05) is 0 Å². The van der Waals surface area contributed by atoms with Crippen LogP contribution in [0.1, 0.15) is 59.3 Å². The Morgan fingerprint density at radius 2 is 1.65 bits per heavy atom. The van der Waals surface area contributed by atoms with Crippen molar-refractivity contribution in [2.24, 2.45) is 5.92 Å². The van der Waals surface area contributed by atoms with Crippen LogP contribution < -0.4 is 5.32 Å². The zero-order valence-corrected chi connectivity index (χ0v) is 12.8. The molecular weight excluding hydrogens is 208 g/mol. The van der Waals surface area contributed by atoms with Crippen LogP contribution in [-0.2, 0) is 0 Å². The molecule has 0 amide bonds.